The number of carbonyl (C=O) groups is 2. The third-order valence-corrected chi connectivity index (χ3v) is 5.62. The summed E-state index contributed by atoms with van der Waals surface area (Å²) in [5, 5.41) is 7.87. The molecule has 0 atom stereocenters. The first-order valence-electron chi connectivity index (χ1n) is 9.93. The molecule has 0 unspecified atom stereocenters. The maximum Gasteiger partial charge on any atom is 0.236 e. The number of primary amides is 1. The van der Waals surface area contributed by atoms with Crippen LogP contribution >= 0.6 is 0 Å². The highest BCUT2D eigenvalue weighted by molar-refractivity contribution is 6.07. The van der Waals surface area contributed by atoms with E-state index in [1.807, 2.05) is 47.0 Å². The van der Waals surface area contributed by atoms with E-state index in [2.05, 4.69) is 20.4 Å². The topological polar surface area (TPSA) is 129 Å². The van der Waals surface area contributed by atoms with Crippen LogP contribution in [0, 0.1) is 12.3 Å². The third kappa shape index (κ3) is 3.24. The number of aryl methyl sites for hydroxylation is 1. The molecule has 1 fully saturated rings. The minimum absolute atomic E-state index is 0.220. The molecule has 3 aromatic heterocycles. The Balaban J connectivity index is 1.43. The largest absolute Gasteiger partial charge is 0.369 e. The van der Waals surface area contributed by atoms with Gasteiger partial charge in [0.2, 0.25) is 23.5 Å². The van der Waals surface area contributed by atoms with Gasteiger partial charge in [-0.05, 0) is 37.1 Å². The summed E-state index contributed by atoms with van der Waals surface area (Å²) in [5.41, 5.74) is 7.58. The van der Waals surface area contributed by atoms with Crippen molar-refractivity contribution in [2.75, 3.05) is 0 Å². The van der Waals surface area contributed by atoms with E-state index >= 15 is 0 Å². The molecule has 5 rings (SSSR count). The number of nitrogens with two attached hydrogens (primary N) is 1. The minimum Gasteiger partial charge on any atom is -0.369 e. The molecule has 2 amide bonds. The average molecular weight is 416 g/mol. The van der Waals surface area contributed by atoms with E-state index in [0.717, 1.165) is 22.3 Å². The van der Waals surface area contributed by atoms with Gasteiger partial charge in [-0.2, -0.15) is 4.98 Å². The summed E-state index contributed by atoms with van der Waals surface area (Å²) in [4.78, 5) is 32.6. The van der Waals surface area contributed by atoms with Crippen molar-refractivity contribution in [1.82, 2.24) is 25.0 Å². The lowest BCUT2D eigenvalue weighted by Gasteiger charge is -2.12. The van der Waals surface area contributed by atoms with Crippen LogP contribution in [0.2, 0.25) is 0 Å². The maximum absolute atomic E-state index is 12.3. The number of benzene rings is 1. The normalized spacial score (nSPS) is 14.5. The van der Waals surface area contributed by atoms with E-state index in [0.29, 0.717) is 30.3 Å². The number of fused-ring (bicyclic) bond motifs is 1. The highest BCUT2D eigenvalue weighted by atomic mass is 16.5. The average Bonchev–Trinajstić information content (AvgIpc) is 3.35. The second kappa shape index (κ2) is 7.05. The van der Waals surface area contributed by atoms with Crippen LogP contribution in [0.5, 0.6) is 0 Å². The molecule has 156 valence electrons. The van der Waals surface area contributed by atoms with E-state index in [1.54, 1.807) is 13.1 Å². The van der Waals surface area contributed by atoms with Gasteiger partial charge in [-0.3, -0.25) is 14.6 Å². The van der Waals surface area contributed by atoms with Gasteiger partial charge in [0.1, 0.15) is 5.41 Å². The SMILES string of the molecule is Cc1nc(-c2cc3ccccc3n2-c2ccc(CNC(=O)C3(C(N)=O)CC3)nc2)no1. The van der Waals surface area contributed by atoms with Crippen molar-refractivity contribution >= 4 is 22.7 Å². The number of nitrogens with zero attached hydrogens (tertiary/aromatic N) is 4. The molecule has 1 aliphatic carbocycles. The summed E-state index contributed by atoms with van der Waals surface area (Å²) in [6, 6.07) is 13.7. The molecule has 0 bridgehead atoms. The number of para-hydroxylation sites is 1. The lowest BCUT2D eigenvalue weighted by molar-refractivity contribution is -0.135. The van der Waals surface area contributed by atoms with Gasteiger partial charge in [0.05, 0.1) is 35.3 Å². The molecule has 0 spiro atoms. The number of carbonyl (C=O) groups excluding carboxylic acids is 2. The molecule has 31 heavy (non-hydrogen) atoms. The smallest absolute Gasteiger partial charge is 0.236 e. The standard InChI is InChI=1S/C22H20N6O3/c1-13-26-19(27-31-13)18-10-14-4-2-3-5-17(14)28(18)16-7-6-15(24-12-16)11-25-21(30)22(8-9-22)20(23)29/h2-7,10,12H,8-9,11H2,1H3,(H2,23,29)(H,25,30). The zero-order chi connectivity index (χ0) is 21.6. The summed E-state index contributed by atoms with van der Waals surface area (Å²) in [5.74, 6) is 0.0701. The lowest BCUT2D eigenvalue weighted by Crippen LogP contribution is -2.40. The van der Waals surface area contributed by atoms with E-state index in [9.17, 15) is 9.59 Å². The summed E-state index contributed by atoms with van der Waals surface area (Å²) < 4.78 is 7.18. The highest BCUT2D eigenvalue weighted by Crippen LogP contribution is 2.45. The van der Waals surface area contributed by atoms with Gasteiger partial charge in [-0.25, -0.2) is 0 Å². The van der Waals surface area contributed by atoms with Gasteiger partial charge in [0.15, 0.2) is 0 Å². The Hall–Kier alpha value is -4.01. The number of hydrogen-bond acceptors (Lipinski definition) is 6. The second-order valence-electron chi connectivity index (χ2n) is 7.70. The van der Waals surface area contributed by atoms with Crippen molar-refractivity contribution in [3.63, 3.8) is 0 Å². The predicted octanol–water partition coefficient (Wildman–Crippen LogP) is 2.27. The van der Waals surface area contributed by atoms with Gasteiger partial charge in [0.25, 0.3) is 0 Å². The van der Waals surface area contributed by atoms with Crippen molar-refractivity contribution < 1.29 is 14.1 Å². The monoisotopic (exact) mass is 416 g/mol. The van der Waals surface area contributed by atoms with Gasteiger partial charge in [0, 0.05) is 12.3 Å². The molecular formula is C22H20N6O3. The molecule has 0 aliphatic heterocycles. The van der Waals surface area contributed by atoms with E-state index < -0.39 is 11.3 Å². The van der Waals surface area contributed by atoms with Crippen LogP contribution in [0.25, 0.3) is 28.1 Å². The van der Waals surface area contributed by atoms with Crippen LogP contribution in [0.1, 0.15) is 24.4 Å². The Morgan fingerprint density at radius 2 is 2.03 bits per heavy atom. The third-order valence-electron chi connectivity index (χ3n) is 5.62. The zero-order valence-corrected chi connectivity index (χ0v) is 16.8. The first-order valence-corrected chi connectivity index (χ1v) is 9.93. The highest BCUT2D eigenvalue weighted by Gasteiger charge is 2.55. The Labute approximate surface area is 177 Å². The Morgan fingerprint density at radius 1 is 1.23 bits per heavy atom. The van der Waals surface area contributed by atoms with Crippen LogP contribution in [0.4, 0.5) is 0 Å². The van der Waals surface area contributed by atoms with Crippen molar-refractivity contribution in [2.45, 2.75) is 26.3 Å². The van der Waals surface area contributed by atoms with Crippen molar-refractivity contribution in [1.29, 1.82) is 0 Å². The Kier molecular flexibility index (Phi) is 4.32. The van der Waals surface area contributed by atoms with Crippen LogP contribution < -0.4 is 11.1 Å². The van der Waals surface area contributed by atoms with Crippen LogP contribution in [0.15, 0.2) is 53.2 Å². The number of rotatable bonds is 6. The van der Waals surface area contributed by atoms with Crippen LogP contribution in [-0.2, 0) is 16.1 Å². The zero-order valence-electron chi connectivity index (χ0n) is 16.8. The Morgan fingerprint density at radius 3 is 2.68 bits per heavy atom. The number of pyridine rings is 1. The Bertz CT molecular complexity index is 1300. The number of hydrogen-bond donors (Lipinski definition) is 2. The fraction of sp³-hybridized carbons (Fsp3) is 0.227. The first-order chi connectivity index (χ1) is 15.0. The van der Waals surface area contributed by atoms with E-state index in [4.69, 9.17) is 10.3 Å². The lowest BCUT2D eigenvalue weighted by atomic mass is 10.1. The molecule has 9 heteroatoms. The maximum atomic E-state index is 12.3. The fourth-order valence-electron chi connectivity index (χ4n) is 3.70. The quantitative estimate of drug-likeness (QED) is 0.464. The van der Waals surface area contributed by atoms with Crippen molar-refractivity contribution in [3.8, 4) is 17.2 Å². The summed E-state index contributed by atoms with van der Waals surface area (Å²) >= 11 is 0. The minimum atomic E-state index is -1.04. The number of nitrogens with one attached hydrogen (secondary N) is 1. The van der Waals surface area contributed by atoms with Gasteiger partial charge < -0.3 is 20.1 Å². The van der Waals surface area contributed by atoms with Gasteiger partial charge >= 0.3 is 0 Å². The molecule has 0 radical (unpaired) electrons. The van der Waals surface area contributed by atoms with E-state index in [-0.39, 0.29) is 12.5 Å². The summed E-state index contributed by atoms with van der Waals surface area (Å²) in [6.07, 6.45) is 2.73. The number of amides is 2. The molecule has 9 nitrogen and oxygen atoms in total. The first kappa shape index (κ1) is 19.0. The summed E-state index contributed by atoms with van der Waals surface area (Å²) in [6.45, 7) is 1.97. The predicted molar refractivity (Wildman–Crippen MR) is 112 cm³/mol. The molecule has 1 saturated carbocycles. The number of aromatic nitrogens is 4. The van der Waals surface area contributed by atoms with Gasteiger partial charge in [-0.1, -0.05) is 23.4 Å². The molecule has 3 N–H and O–H groups in total. The summed E-state index contributed by atoms with van der Waals surface area (Å²) in [7, 11) is 0. The second-order valence-corrected chi connectivity index (χ2v) is 7.70. The molecular weight excluding hydrogens is 396 g/mol. The molecule has 4 aromatic rings. The van der Waals surface area contributed by atoms with E-state index in [1.165, 1.54) is 0 Å². The molecule has 0 saturated heterocycles. The van der Waals surface area contributed by atoms with Crippen LogP contribution in [0.3, 0.4) is 0 Å². The molecule has 1 aliphatic rings. The van der Waals surface area contributed by atoms with Gasteiger partial charge in [-0.15, -0.1) is 0 Å². The van der Waals surface area contributed by atoms with Crippen LogP contribution in [-0.4, -0.2) is 31.5 Å². The fourth-order valence-corrected chi connectivity index (χ4v) is 3.70. The van der Waals surface area contributed by atoms with Crippen molar-refractivity contribution in [3.05, 3.63) is 60.2 Å². The molecule has 3 heterocycles. The molecule has 1 aromatic carbocycles. The van der Waals surface area contributed by atoms with Crippen molar-refractivity contribution in [2.24, 2.45) is 11.1 Å².